The molecule has 1 heterocycles. The van der Waals surface area contributed by atoms with Crippen molar-refractivity contribution in [2.75, 3.05) is 11.9 Å². The molecule has 0 radical (unpaired) electrons. The average Bonchev–Trinajstić information content (AvgIpc) is 2.18. The van der Waals surface area contributed by atoms with Crippen molar-refractivity contribution >= 4 is 16.9 Å². The molecular weight excluding hydrogens is 180 g/mol. The van der Waals surface area contributed by atoms with Gasteiger partial charge in [0, 0.05) is 6.54 Å². The van der Waals surface area contributed by atoms with Crippen LogP contribution in [0, 0.1) is 0 Å². The van der Waals surface area contributed by atoms with E-state index in [0.29, 0.717) is 17.4 Å². The fraction of sp³-hybridized carbons (Fsp3) is 0.200. The molecule has 0 unspecified atom stereocenters. The molecule has 4 heteroatoms. The van der Waals surface area contributed by atoms with Crippen LogP contribution in [-0.4, -0.2) is 11.5 Å². The Morgan fingerprint density at radius 1 is 1.43 bits per heavy atom. The van der Waals surface area contributed by atoms with Gasteiger partial charge in [-0.05, 0) is 19.1 Å². The highest BCUT2D eigenvalue weighted by Gasteiger charge is 2.03. The third-order valence-electron chi connectivity index (χ3n) is 1.86. The molecule has 0 saturated heterocycles. The molecule has 0 fully saturated rings. The molecule has 72 valence electrons. The van der Waals surface area contributed by atoms with Crippen LogP contribution in [0.3, 0.4) is 0 Å². The van der Waals surface area contributed by atoms with Crippen LogP contribution in [0.2, 0.25) is 0 Å². The number of hydrogen-bond acceptors (Lipinski definition) is 4. The van der Waals surface area contributed by atoms with Crippen LogP contribution < -0.4 is 10.9 Å². The predicted molar refractivity (Wildman–Crippen MR) is 54.4 cm³/mol. The maximum atomic E-state index is 11.4. The lowest BCUT2D eigenvalue weighted by Crippen LogP contribution is -2.07. The molecule has 1 aromatic carbocycles. The Labute approximate surface area is 80.6 Å². The summed E-state index contributed by atoms with van der Waals surface area (Å²) in [5.74, 6) is 0. The lowest BCUT2D eigenvalue weighted by atomic mass is 10.2. The van der Waals surface area contributed by atoms with Crippen LogP contribution in [0.25, 0.3) is 10.9 Å². The van der Waals surface area contributed by atoms with Crippen molar-refractivity contribution in [3.8, 4) is 0 Å². The third-order valence-corrected chi connectivity index (χ3v) is 1.86. The van der Waals surface area contributed by atoms with Gasteiger partial charge >= 0.3 is 5.63 Å². The first-order chi connectivity index (χ1) is 6.81. The molecule has 1 aromatic heterocycles. The summed E-state index contributed by atoms with van der Waals surface area (Å²) in [4.78, 5) is 15.6. The lowest BCUT2D eigenvalue weighted by molar-refractivity contribution is 0.517. The molecule has 0 bridgehead atoms. The van der Waals surface area contributed by atoms with E-state index in [-0.39, 0.29) is 11.6 Å². The number of nitrogens with one attached hydrogen (secondary N) is 1. The Morgan fingerprint density at radius 3 is 3.00 bits per heavy atom. The molecule has 0 atom stereocenters. The van der Waals surface area contributed by atoms with Gasteiger partial charge in [-0.3, -0.25) is 0 Å². The van der Waals surface area contributed by atoms with E-state index in [9.17, 15) is 4.79 Å². The Hall–Kier alpha value is -1.84. The number of anilines is 1. The van der Waals surface area contributed by atoms with Gasteiger partial charge in [-0.1, -0.05) is 12.1 Å². The zero-order chi connectivity index (χ0) is 9.97. The van der Waals surface area contributed by atoms with Gasteiger partial charge in [-0.25, -0.2) is 4.79 Å². The molecule has 0 spiro atoms. The topological polar surface area (TPSA) is 55.1 Å². The van der Waals surface area contributed by atoms with Gasteiger partial charge in [-0.2, -0.15) is 4.98 Å². The van der Waals surface area contributed by atoms with Crippen LogP contribution in [0.1, 0.15) is 6.92 Å². The van der Waals surface area contributed by atoms with E-state index in [1.54, 1.807) is 18.2 Å². The standard InChI is InChI=1S/C10H10N2O2/c1-2-11-10-12-8-6-4-3-5-7(8)9(13)14-10/h3-6H,2H2,1H3,(H,11,12). The molecule has 14 heavy (non-hydrogen) atoms. The van der Waals surface area contributed by atoms with Gasteiger partial charge in [0.2, 0.25) is 0 Å². The van der Waals surface area contributed by atoms with Crippen LogP contribution in [-0.2, 0) is 0 Å². The monoisotopic (exact) mass is 190 g/mol. The number of rotatable bonds is 2. The summed E-state index contributed by atoms with van der Waals surface area (Å²) in [6, 6.07) is 7.38. The Morgan fingerprint density at radius 2 is 2.21 bits per heavy atom. The number of nitrogens with zero attached hydrogens (tertiary/aromatic N) is 1. The number of fused-ring (bicyclic) bond motifs is 1. The molecule has 1 N–H and O–H groups in total. The predicted octanol–water partition coefficient (Wildman–Crippen LogP) is 1.62. The highest BCUT2D eigenvalue weighted by atomic mass is 16.4. The minimum Gasteiger partial charge on any atom is -0.389 e. The highest BCUT2D eigenvalue weighted by molar-refractivity contribution is 5.77. The van der Waals surface area contributed by atoms with Gasteiger partial charge in [0.25, 0.3) is 6.01 Å². The van der Waals surface area contributed by atoms with E-state index in [2.05, 4.69) is 10.3 Å². The zero-order valence-electron chi connectivity index (χ0n) is 7.78. The quantitative estimate of drug-likeness (QED) is 0.781. The fourth-order valence-electron chi connectivity index (χ4n) is 1.25. The summed E-state index contributed by atoms with van der Waals surface area (Å²) in [6.45, 7) is 2.59. The summed E-state index contributed by atoms with van der Waals surface area (Å²) in [7, 11) is 0. The summed E-state index contributed by atoms with van der Waals surface area (Å²) in [6.07, 6.45) is 0. The minimum atomic E-state index is -0.355. The van der Waals surface area contributed by atoms with Crippen molar-refractivity contribution in [2.45, 2.75) is 6.92 Å². The van der Waals surface area contributed by atoms with Crippen molar-refractivity contribution in [1.82, 2.24) is 4.98 Å². The van der Waals surface area contributed by atoms with Gasteiger partial charge in [0.15, 0.2) is 0 Å². The summed E-state index contributed by atoms with van der Waals surface area (Å²) in [5, 5.41) is 3.37. The van der Waals surface area contributed by atoms with Gasteiger partial charge < -0.3 is 9.73 Å². The first kappa shape index (κ1) is 8.74. The van der Waals surface area contributed by atoms with E-state index in [1.165, 1.54) is 0 Å². The van der Waals surface area contributed by atoms with Gasteiger partial charge in [0.1, 0.15) is 0 Å². The number of aromatic nitrogens is 1. The maximum Gasteiger partial charge on any atom is 0.348 e. The van der Waals surface area contributed by atoms with Gasteiger partial charge in [-0.15, -0.1) is 0 Å². The van der Waals surface area contributed by atoms with Crippen molar-refractivity contribution in [3.05, 3.63) is 34.7 Å². The molecule has 0 saturated carbocycles. The van der Waals surface area contributed by atoms with Crippen LogP contribution >= 0.6 is 0 Å². The molecule has 0 amide bonds. The molecule has 2 aromatic rings. The van der Waals surface area contributed by atoms with Crippen molar-refractivity contribution in [1.29, 1.82) is 0 Å². The zero-order valence-corrected chi connectivity index (χ0v) is 7.78. The first-order valence-corrected chi connectivity index (χ1v) is 4.45. The smallest absolute Gasteiger partial charge is 0.348 e. The molecule has 0 aliphatic carbocycles. The van der Waals surface area contributed by atoms with E-state index in [0.717, 1.165) is 0 Å². The van der Waals surface area contributed by atoms with Crippen LogP contribution in [0.4, 0.5) is 6.01 Å². The highest BCUT2D eigenvalue weighted by Crippen LogP contribution is 2.09. The van der Waals surface area contributed by atoms with E-state index in [4.69, 9.17) is 4.42 Å². The lowest BCUT2D eigenvalue weighted by Gasteiger charge is -2.00. The minimum absolute atomic E-state index is 0.274. The molecule has 4 nitrogen and oxygen atoms in total. The third kappa shape index (κ3) is 1.46. The van der Waals surface area contributed by atoms with Crippen LogP contribution in [0.5, 0.6) is 0 Å². The van der Waals surface area contributed by atoms with Crippen LogP contribution in [0.15, 0.2) is 33.5 Å². The van der Waals surface area contributed by atoms with E-state index in [1.807, 2.05) is 13.0 Å². The van der Waals surface area contributed by atoms with Crippen molar-refractivity contribution in [3.63, 3.8) is 0 Å². The van der Waals surface area contributed by atoms with Crippen molar-refractivity contribution < 1.29 is 4.42 Å². The molecule has 0 aliphatic rings. The Balaban J connectivity index is 2.66. The van der Waals surface area contributed by atoms with Gasteiger partial charge in [0.05, 0.1) is 10.9 Å². The molecule has 2 rings (SSSR count). The number of hydrogen-bond donors (Lipinski definition) is 1. The second-order valence-corrected chi connectivity index (χ2v) is 2.85. The second-order valence-electron chi connectivity index (χ2n) is 2.85. The summed E-state index contributed by atoms with van der Waals surface area (Å²) in [5.41, 5.74) is 0.297. The first-order valence-electron chi connectivity index (χ1n) is 4.45. The number of para-hydroxylation sites is 1. The summed E-state index contributed by atoms with van der Waals surface area (Å²) >= 11 is 0. The molecule has 0 aliphatic heterocycles. The molecular formula is C10H10N2O2. The number of benzene rings is 1. The largest absolute Gasteiger partial charge is 0.389 e. The van der Waals surface area contributed by atoms with E-state index >= 15 is 0 Å². The van der Waals surface area contributed by atoms with Crippen molar-refractivity contribution in [2.24, 2.45) is 0 Å². The average molecular weight is 190 g/mol. The summed E-state index contributed by atoms with van der Waals surface area (Å²) < 4.78 is 4.95. The Bertz CT molecular complexity index is 505. The second kappa shape index (κ2) is 3.49. The maximum absolute atomic E-state index is 11.4. The van der Waals surface area contributed by atoms with E-state index < -0.39 is 0 Å². The normalized spacial score (nSPS) is 10.4. The fourth-order valence-corrected chi connectivity index (χ4v) is 1.25. The Kier molecular flexibility index (Phi) is 2.18. The SMILES string of the molecule is CCNc1nc2ccccc2c(=O)o1.